The number of thioether (sulfide) groups is 1. The van der Waals surface area contributed by atoms with Crippen LogP contribution in [0.1, 0.15) is 6.42 Å². The van der Waals surface area contributed by atoms with E-state index >= 15 is 0 Å². The molecule has 1 aliphatic heterocycles. The summed E-state index contributed by atoms with van der Waals surface area (Å²) in [4.78, 5) is 36.8. The number of carbonyl (C=O) groups is 2. The van der Waals surface area contributed by atoms with Gasteiger partial charge >= 0.3 is 0 Å². The molecule has 0 aromatic heterocycles. The van der Waals surface area contributed by atoms with E-state index in [9.17, 15) is 19.7 Å². The van der Waals surface area contributed by atoms with Crippen LogP contribution in [0.25, 0.3) is 0 Å². The third kappa shape index (κ3) is 3.09. The van der Waals surface area contributed by atoms with Gasteiger partial charge in [-0.05, 0) is 30.3 Å². The molecule has 2 aromatic carbocycles. The number of anilines is 2. The SMILES string of the molecule is Nc1cccc(S[C@H]2CC(=O)N(c3ccc([N+](=O)[O-])cc3)C2=O)c1. The van der Waals surface area contributed by atoms with Crippen LogP contribution >= 0.6 is 11.8 Å². The summed E-state index contributed by atoms with van der Waals surface area (Å²) < 4.78 is 0. The van der Waals surface area contributed by atoms with Gasteiger partial charge in [0.05, 0.1) is 15.9 Å². The summed E-state index contributed by atoms with van der Waals surface area (Å²) in [7, 11) is 0. The van der Waals surface area contributed by atoms with Gasteiger partial charge in [-0.3, -0.25) is 19.7 Å². The normalized spacial score (nSPS) is 17.3. The van der Waals surface area contributed by atoms with Gasteiger partial charge in [0.15, 0.2) is 0 Å². The number of nitrogen functional groups attached to an aromatic ring is 1. The number of nitro groups is 1. The Morgan fingerprint density at radius 3 is 2.50 bits per heavy atom. The first kappa shape index (κ1) is 16.0. The van der Waals surface area contributed by atoms with Crippen molar-refractivity contribution in [2.75, 3.05) is 10.6 Å². The van der Waals surface area contributed by atoms with Crippen LogP contribution in [0.2, 0.25) is 0 Å². The molecular formula is C16H13N3O4S. The van der Waals surface area contributed by atoms with Crippen LogP contribution in [0, 0.1) is 10.1 Å². The van der Waals surface area contributed by atoms with Crippen molar-refractivity contribution >= 4 is 40.6 Å². The van der Waals surface area contributed by atoms with E-state index < -0.39 is 10.2 Å². The molecule has 0 aliphatic carbocycles. The molecule has 0 spiro atoms. The molecule has 2 aromatic rings. The van der Waals surface area contributed by atoms with Crippen LogP contribution in [-0.2, 0) is 9.59 Å². The van der Waals surface area contributed by atoms with E-state index in [4.69, 9.17) is 5.73 Å². The van der Waals surface area contributed by atoms with E-state index in [1.54, 1.807) is 18.2 Å². The van der Waals surface area contributed by atoms with Crippen LogP contribution in [0.15, 0.2) is 53.4 Å². The number of amides is 2. The quantitative estimate of drug-likeness (QED) is 0.396. The molecule has 8 heteroatoms. The van der Waals surface area contributed by atoms with Crippen molar-refractivity contribution in [3.63, 3.8) is 0 Å². The molecule has 0 unspecified atom stereocenters. The molecule has 1 atom stereocenters. The molecule has 2 N–H and O–H groups in total. The number of non-ortho nitro benzene ring substituents is 1. The van der Waals surface area contributed by atoms with Crippen LogP contribution in [-0.4, -0.2) is 22.0 Å². The third-order valence-electron chi connectivity index (χ3n) is 3.56. The molecule has 24 heavy (non-hydrogen) atoms. The lowest BCUT2D eigenvalue weighted by atomic mass is 10.2. The average molecular weight is 343 g/mol. The Bertz CT molecular complexity index is 822. The Morgan fingerprint density at radius 1 is 1.17 bits per heavy atom. The van der Waals surface area contributed by atoms with E-state index in [1.165, 1.54) is 36.0 Å². The second kappa shape index (κ2) is 6.32. The number of benzene rings is 2. The number of nitro benzene ring substituents is 1. The van der Waals surface area contributed by atoms with Crippen LogP contribution in [0.5, 0.6) is 0 Å². The maximum Gasteiger partial charge on any atom is 0.269 e. The third-order valence-corrected chi connectivity index (χ3v) is 4.74. The molecular weight excluding hydrogens is 330 g/mol. The van der Waals surface area contributed by atoms with Gasteiger partial charge in [-0.2, -0.15) is 0 Å². The van der Waals surface area contributed by atoms with E-state index in [1.807, 2.05) is 6.07 Å². The second-order valence-corrected chi connectivity index (χ2v) is 6.50. The van der Waals surface area contributed by atoms with Crippen LogP contribution in [0.4, 0.5) is 17.1 Å². The summed E-state index contributed by atoms with van der Waals surface area (Å²) in [5.41, 5.74) is 6.55. The molecule has 1 heterocycles. The second-order valence-electron chi connectivity index (χ2n) is 5.22. The van der Waals surface area contributed by atoms with E-state index in [0.29, 0.717) is 11.4 Å². The predicted molar refractivity (Wildman–Crippen MR) is 90.7 cm³/mol. The molecule has 1 fully saturated rings. The highest BCUT2D eigenvalue weighted by molar-refractivity contribution is 8.00. The zero-order chi connectivity index (χ0) is 17.3. The highest BCUT2D eigenvalue weighted by Gasteiger charge is 2.40. The molecule has 0 radical (unpaired) electrons. The highest BCUT2D eigenvalue weighted by atomic mass is 32.2. The summed E-state index contributed by atoms with van der Waals surface area (Å²) >= 11 is 1.28. The smallest absolute Gasteiger partial charge is 0.269 e. The molecule has 2 amide bonds. The molecule has 7 nitrogen and oxygen atoms in total. The molecule has 1 aliphatic rings. The number of carbonyl (C=O) groups excluding carboxylic acids is 2. The minimum absolute atomic E-state index is 0.0787. The van der Waals surface area contributed by atoms with Gasteiger partial charge in [0, 0.05) is 29.1 Å². The van der Waals surface area contributed by atoms with Crippen LogP contribution in [0.3, 0.4) is 0 Å². The molecule has 1 saturated heterocycles. The van der Waals surface area contributed by atoms with E-state index in [-0.39, 0.29) is 23.9 Å². The van der Waals surface area contributed by atoms with Gasteiger partial charge in [-0.15, -0.1) is 11.8 Å². The fourth-order valence-electron chi connectivity index (χ4n) is 2.44. The maximum absolute atomic E-state index is 12.5. The summed E-state index contributed by atoms with van der Waals surface area (Å²) in [6.45, 7) is 0. The minimum atomic E-state index is -0.533. The molecule has 0 bridgehead atoms. The lowest BCUT2D eigenvalue weighted by molar-refractivity contribution is -0.384. The van der Waals surface area contributed by atoms with E-state index in [2.05, 4.69) is 0 Å². The Morgan fingerprint density at radius 2 is 1.88 bits per heavy atom. The topological polar surface area (TPSA) is 107 Å². The first-order chi connectivity index (χ1) is 11.5. The summed E-state index contributed by atoms with van der Waals surface area (Å²) in [5.74, 6) is -0.656. The first-order valence-corrected chi connectivity index (χ1v) is 7.97. The standard InChI is InChI=1S/C16H13N3O4S/c17-10-2-1-3-13(8-10)24-14-9-15(20)18(16(14)21)11-4-6-12(7-5-11)19(22)23/h1-8,14H,9,17H2/t14-/m0/s1. The number of nitrogens with zero attached hydrogens (tertiary/aromatic N) is 2. The molecule has 0 saturated carbocycles. The fourth-order valence-corrected chi connectivity index (χ4v) is 3.56. The largest absolute Gasteiger partial charge is 0.399 e. The van der Waals surface area contributed by atoms with Crippen LogP contribution < -0.4 is 10.6 Å². The van der Waals surface area contributed by atoms with Crippen molar-refractivity contribution in [2.45, 2.75) is 16.6 Å². The lowest BCUT2D eigenvalue weighted by Gasteiger charge is -2.14. The van der Waals surface area contributed by atoms with Gasteiger partial charge in [0.25, 0.3) is 5.69 Å². The first-order valence-electron chi connectivity index (χ1n) is 7.09. The summed E-state index contributed by atoms with van der Waals surface area (Å²) in [6.07, 6.45) is 0.0787. The van der Waals surface area contributed by atoms with Gasteiger partial charge in [0.1, 0.15) is 0 Å². The zero-order valence-corrected chi connectivity index (χ0v) is 13.2. The monoisotopic (exact) mass is 343 g/mol. The van der Waals surface area contributed by atoms with Crippen molar-refractivity contribution in [1.82, 2.24) is 0 Å². The zero-order valence-electron chi connectivity index (χ0n) is 12.4. The number of imide groups is 1. The van der Waals surface area contributed by atoms with Crippen molar-refractivity contribution < 1.29 is 14.5 Å². The average Bonchev–Trinajstić information content (AvgIpc) is 2.81. The molecule has 122 valence electrons. The van der Waals surface area contributed by atoms with Crippen molar-refractivity contribution in [2.24, 2.45) is 0 Å². The fraction of sp³-hybridized carbons (Fsp3) is 0.125. The molecule has 3 rings (SSSR count). The Balaban J connectivity index is 1.80. The predicted octanol–water partition coefficient (Wildman–Crippen LogP) is 2.60. The van der Waals surface area contributed by atoms with Gasteiger partial charge < -0.3 is 5.73 Å². The summed E-state index contributed by atoms with van der Waals surface area (Å²) in [5, 5.41) is 10.2. The Kier molecular flexibility index (Phi) is 4.22. The number of rotatable bonds is 4. The number of hydrogen-bond donors (Lipinski definition) is 1. The van der Waals surface area contributed by atoms with Gasteiger partial charge in [-0.1, -0.05) is 6.07 Å². The maximum atomic E-state index is 12.5. The highest BCUT2D eigenvalue weighted by Crippen LogP contribution is 2.34. The van der Waals surface area contributed by atoms with Gasteiger partial charge in [-0.25, -0.2) is 4.90 Å². The van der Waals surface area contributed by atoms with Crippen molar-refractivity contribution in [3.8, 4) is 0 Å². The van der Waals surface area contributed by atoms with Crippen molar-refractivity contribution in [3.05, 3.63) is 58.6 Å². The van der Waals surface area contributed by atoms with E-state index in [0.717, 1.165) is 9.80 Å². The Labute approximate surface area is 141 Å². The van der Waals surface area contributed by atoms with Gasteiger partial charge in [0.2, 0.25) is 11.8 Å². The lowest BCUT2D eigenvalue weighted by Crippen LogP contribution is -2.31. The Hall–Kier alpha value is -2.87. The van der Waals surface area contributed by atoms with Crippen molar-refractivity contribution in [1.29, 1.82) is 0 Å². The number of hydrogen-bond acceptors (Lipinski definition) is 6. The summed E-state index contributed by atoms with van der Waals surface area (Å²) in [6, 6.07) is 12.5. The number of nitrogens with two attached hydrogens (primary N) is 1. The minimum Gasteiger partial charge on any atom is -0.399 e.